The highest BCUT2D eigenvalue weighted by Crippen LogP contribution is 2.23. The Morgan fingerprint density at radius 3 is 2.35 bits per heavy atom. The van der Waals surface area contributed by atoms with E-state index in [1.165, 1.54) is 18.2 Å². The number of nitrogens with one attached hydrogen (secondary N) is 1. The average Bonchev–Trinajstić information content (AvgIpc) is 2.26. The Bertz CT molecular complexity index is 483. The number of hydrogen-bond donors (Lipinski definition) is 4. The summed E-state index contributed by atoms with van der Waals surface area (Å²) in [6.07, 6.45) is 1.10. The van der Waals surface area contributed by atoms with Crippen LogP contribution in [-0.2, 0) is 9.84 Å². The van der Waals surface area contributed by atoms with Gasteiger partial charge in [-0.3, -0.25) is 0 Å². The Kier molecular flexibility index (Phi) is 4.33. The molecule has 1 aromatic carbocycles. The quantitative estimate of drug-likeness (QED) is 0.528. The van der Waals surface area contributed by atoms with Gasteiger partial charge in [0, 0.05) is 6.26 Å². The van der Waals surface area contributed by atoms with Crippen molar-refractivity contribution >= 4 is 21.2 Å². The van der Waals surface area contributed by atoms with Gasteiger partial charge < -0.3 is 21.3 Å². The number of sulfone groups is 1. The topological polar surface area (TPSA) is 113 Å². The van der Waals surface area contributed by atoms with E-state index in [1.807, 2.05) is 0 Å². The molecule has 96 valence electrons. The van der Waals surface area contributed by atoms with Gasteiger partial charge >= 0.3 is 0 Å². The fourth-order valence-corrected chi connectivity index (χ4v) is 1.93. The van der Waals surface area contributed by atoms with Crippen LogP contribution in [-0.4, -0.2) is 44.1 Å². The van der Waals surface area contributed by atoms with E-state index in [0.717, 1.165) is 6.26 Å². The summed E-state index contributed by atoms with van der Waals surface area (Å²) in [5, 5.41) is 20.6. The van der Waals surface area contributed by atoms with Crippen LogP contribution in [0.4, 0.5) is 11.4 Å². The van der Waals surface area contributed by atoms with Crippen LogP contribution >= 0.6 is 0 Å². The second kappa shape index (κ2) is 5.35. The second-order valence-corrected chi connectivity index (χ2v) is 5.74. The molecule has 6 nitrogen and oxygen atoms in total. The number of anilines is 2. The van der Waals surface area contributed by atoms with Gasteiger partial charge in [-0.15, -0.1) is 0 Å². The maximum absolute atomic E-state index is 11.3. The molecule has 0 fully saturated rings. The summed E-state index contributed by atoms with van der Waals surface area (Å²) in [5.41, 5.74) is 6.41. The minimum Gasteiger partial charge on any atom is -0.397 e. The van der Waals surface area contributed by atoms with Gasteiger partial charge in [0.2, 0.25) is 0 Å². The van der Waals surface area contributed by atoms with Gasteiger partial charge in [0.25, 0.3) is 0 Å². The third-order valence-electron chi connectivity index (χ3n) is 2.25. The van der Waals surface area contributed by atoms with Gasteiger partial charge in [-0.2, -0.15) is 0 Å². The van der Waals surface area contributed by atoms with Crippen LogP contribution in [0.1, 0.15) is 0 Å². The van der Waals surface area contributed by atoms with Crippen molar-refractivity contribution in [3.05, 3.63) is 18.2 Å². The molecule has 0 aliphatic rings. The van der Waals surface area contributed by atoms with E-state index in [4.69, 9.17) is 15.9 Å². The van der Waals surface area contributed by atoms with Gasteiger partial charge in [0.1, 0.15) is 0 Å². The van der Waals surface area contributed by atoms with Crippen LogP contribution < -0.4 is 11.1 Å². The van der Waals surface area contributed by atoms with Gasteiger partial charge in [-0.1, -0.05) is 0 Å². The lowest BCUT2D eigenvalue weighted by Crippen LogP contribution is -2.28. The molecule has 0 unspecified atom stereocenters. The number of nitrogens with two attached hydrogens (primary N) is 1. The molecule has 0 atom stereocenters. The predicted molar refractivity (Wildman–Crippen MR) is 65.5 cm³/mol. The fraction of sp³-hybridized carbons (Fsp3) is 0.400. The molecule has 1 aromatic rings. The second-order valence-electron chi connectivity index (χ2n) is 3.73. The predicted octanol–water partition coefficient (Wildman–Crippen LogP) is -0.563. The van der Waals surface area contributed by atoms with Crippen molar-refractivity contribution in [1.29, 1.82) is 0 Å². The molecule has 0 heterocycles. The molecular formula is C10H16N2O4S. The third-order valence-corrected chi connectivity index (χ3v) is 3.36. The minimum absolute atomic E-state index is 0.130. The minimum atomic E-state index is -3.29. The van der Waals surface area contributed by atoms with E-state index in [0.29, 0.717) is 5.69 Å². The highest BCUT2D eigenvalue weighted by atomic mass is 32.2. The van der Waals surface area contributed by atoms with E-state index in [-0.39, 0.29) is 23.8 Å². The number of benzene rings is 1. The van der Waals surface area contributed by atoms with Crippen molar-refractivity contribution in [3.8, 4) is 0 Å². The van der Waals surface area contributed by atoms with Crippen molar-refractivity contribution in [3.63, 3.8) is 0 Å². The third kappa shape index (κ3) is 3.58. The smallest absolute Gasteiger partial charge is 0.175 e. The lowest BCUT2D eigenvalue weighted by atomic mass is 10.2. The fourth-order valence-electron chi connectivity index (χ4n) is 1.27. The first-order valence-electron chi connectivity index (χ1n) is 4.96. The van der Waals surface area contributed by atoms with E-state index in [9.17, 15) is 8.42 Å². The molecule has 0 radical (unpaired) electrons. The molecule has 5 N–H and O–H groups in total. The summed E-state index contributed by atoms with van der Waals surface area (Å²) in [5.74, 6) is 0. The zero-order valence-electron chi connectivity index (χ0n) is 9.42. The largest absolute Gasteiger partial charge is 0.397 e. The molecule has 0 aliphatic heterocycles. The van der Waals surface area contributed by atoms with Gasteiger partial charge in [-0.05, 0) is 18.2 Å². The van der Waals surface area contributed by atoms with Crippen LogP contribution in [0.5, 0.6) is 0 Å². The molecule has 0 saturated carbocycles. The molecule has 1 rings (SSSR count). The maximum atomic E-state index is 11.3. The van der Waals surface area contributed by atoms with Crippen molar-refractivity contribution in [2.45, 2.75) is 10.9 Å². The molecule has 0 bridgehead atoms. The van der Waals surface area contributed by atoms with Crippen LogP contribution in [0.2, 0.25) is 0 Å². The van der Waals surface area contributed by atoms with E-state index in [2.05, 4.69) is 5.32 Å². The first-order valence-corrected chi connectivity index (χ1v) is 6.85. The van der Waals surface area contributed by atoms with Crippen LogP contribution in [0, 0.1) is 0 Å². The number of hydrogen-bond acceptors (Lipinski definition) is 6. The Labute approximate surface area is 100.0 Å². The summed E-state index contributed by atoms with van der Waals surface area (Å²) in [6, 6.07) is 3.73. The zero-order valence-corrected chi connectivity index (χ0v) is 10.2. The number of aliphatic hydroxyl groups is 2. The lowest BCUT2D eigenvalue weighted by Gasteiger charge is -2.16. The molecule has 0 spiro atoms. The summed E-state index contributed by atoms with van der Waals surface area (Å²) in [6.45, 7) is -0.493. The van der Waals surface area contributed by atoms with Crippen LogP contribution in [0.15, 0.2) is 23.1 Å². The van der Waals surface area contributed by atoms with Crippen LogP contribution in [0.3, 0.4) is 0 Å². The molecule has 0 amide bonds. The summed E-state index contributed by atoms with van der Waals surface area (Å²) in [7, 11) is -3.29. The van der Waals surface area contributed by atoms with Crippen molar-refractivity contribution in [2.75, 3.05) is 30.5 Å². The monoisotopic (exact) mass is 260 g/mol. The van der Waals surface area contributed by atoms with Crippen molar-refractivity contribution in [1.82, 2.24) is 0 Å². The van der Waals surface area contributed by atoms with Crippen LogP contribution in [0.25, 0.3) is 0 Å². The van der Waals surface area contributed by atoms with E-state index >= 15 is 0 Å². The molecule has 17 heavy (non-hydrogen) atoms. The first kappa shape index (κ1) is 13.8. The standard InChI is InChI=1S/C10H16N2O4S/c1-17(15,16)8-2-3-10(9(11)4-8)12-7(5-13)6-14/h2-4,7,12-14H,5-6,11H2,1H3. The Hall–Kier alpha value is -1.31. The zero-order chi connectivity index (χ0) is 13.1. The SMILES string of the molecule is CS(=O)(=O)c1ccc(NC(CO)CO)c(N)c1. The Balaban J connectivity index is 2.98. The number of aliphatic hydroxyl groups excluding tert-OH is 2. The summed E-state index contributed by atoms with van der Waals surface area (Å²) >= 11 is 0. The summed E-state index contributed by atoms with van der Waals surface area (Å²) in [4.78, 5) is 0.130. The molecule has 7 heteroatoms. The highest BCUT2D eigenvalue weighted by Gasteiger charge is 2.11. The number of rotatable bonds is 5. The molecule has 0 aromatic heterocycles. The van der Waals surface area contributed by atoms with Crippen molar-refractivity contribution in [2.24, 2.45) is 0 Å². The number of nitrogen functional groups attached to an aromatic ring is 1. The molecular weight excluding hydrogens is 244 g/mol. The normalized spacial score (nSPS) is 11.8. The van der Waals surface area contributed by atoms with Crippen molar-refractivity contribution < 1.29 is 18.6 Å². The summed E-state index contributed by atoms with van der Waals surface area (Å²) < 4.78 is 22.5. The van der Waals surface area contributed by atoms with Gasteiger partial charge in [0.05, 0.1) is 35.5 Å². The Morgan fingerprint density at radius 2 is 1.94 bits per heavy atom. The van der Waals surface area contributed by atoms with E-state index < -0.39 is 15.9 Å². The molecule has 0 aliphatic carbocycles. The maximum Gasteiger partial charge on any atom is 0.175 e. The average molecular weight is 260 g/mol. The van der Waals surface area contributed by atoms with Gasteiger partial charge in [-0.25, -0.2) is 8.42 Å². The highest BCUT2D eigenvalue weighted by molar-refractivity contribution is 7.90. The van der Waals surface area contributed by atoms with Gasteiger partial charge in [0.15, 0.2) is 9.84 Å². The Morgan fingerprint density at radius 1 is 1.35 bits per heavy atom. The van der Waals surface area contributed by atoms with E-state index in [1.54, 1.807) is 0 Å². The first-order chi connectivity index (χ1) is 7.88. The lowest BCUT2D eigenvalue weighted by molar-refractivity contribution is 0.204. The molecule has 0 saturated heterocycles.